The van der Waals surface area contributed by atoms with Gasteiger partial charge in [-0.25, -0.2) is 9.50 Å². The SMILES string of the molecule is CCOc1ccc(CN(C)C(=O)COC(=O)Cc2c(C)nc3nc(SC)nn3c2C)cc1. The van der Waals surface area contributed by atoms with Gasteiger partial charge in [0.15, 0.2) is 6.61 Å². The molecule has 0 N–H and O–H groups in total. The number of nitrogens with zero attached hydrogens (tertiary/aromatic N) is 5. The van der Waals surface area contributed by atoms with Crippen molar-refractivity contribution in [2.75, 3.05) is 26.5 Å². The van der Waals surface area contributed by atoms with Crippen LogP contribution in [0.15, 0.2) is 29.4 Å². The first-order chi connectivity index (χ1) is 15.3. The number of hydrogen-bond donors (Lipinski definition) is 0. The van der Waals surface area contributed by atoms with E-state index in [4.69, 9.17) is 9.47 Å². The second kappa shape index (κ2) is 10.4. The number of aryl methyl sites for hydroxylation is 2. The Balaban J connectivity index is 1.56. The van der Waals surface area contributed by atoms with Crippen molar-refractivity contribution in [1.82, 2.24) is 24.5 Å². The van der Waals surface area contributed by atoms with Crippen LogP contribution in [0.1, 0.15) is 29.4 Å². The highest BCUT2D eigenvalue weighted by molar-refractivity contribution is 7.98. The molecule has 170 valence electrons. The molecule has 0 aliphatic rings. The van der Waals surface area contributed by atoms with Gasteiger partial charge in [0, 0.05) is 30.5 Å². The van der Waals surface area contributed by atoms with Crippen molar-refractivity contribution in [3.05, 3.63) is 46.8 Å². The van der Waals surface area contributed by atoms with E-state index >= 15 is 0 Å². The molecule has 0 atom stereocenters. The fourth-order valence-electron chi connectivity index (χ4n) is 3.20. The fraction of sp³-hybridized carbons (Fsp3) is 0.409. The summed E-state index contributed by atoms with van der Waals surface area (Å²) in [5, 5.41) is 4.99. The van der Waals surface area contributed by atoms with Crippen LogP contribution in [0, 0.1) is 13.8 Å². The highest BCUT2D eigenvalue weighted by Crippen LogP contribution is 2.18. The number of aromatic nitrogens is 4. The highest BCUT2D eigenvalue weighted by Gasteiger charge is 2.18. The summed E-state index contributed by atoms with van der Waals surface area (Å²) in [6, 6.07) is 7.54. The quantitative estimate of drug-likeness (QED) is 0.357. The summed E-state index contributed by atoms with van der Waals surface area (Å²) in [5.74, 6) is 0.501. The second-order valence-electron chi connectivity index (χ2n) is 7.24. The molecule has 0 aliphatic carbocycles. The molecule has 0 unspecified atom stereocenters. The number of carbonyl (C=O) groups is 2. The largest absolute Gasteiger partial charge is 0.494 e. The van der Waals surface area contributed by atoms with Gasteiger partial charge in [-0.2, -0.15) is 4.98 Å². The Morgan fingerprint density at radius 1 is 1.16 bits per heavy atom. The van der Waals surface area contributed by atoms with Crippen molar-refractivity contribution in [2.45, 2.75) is 38.9 Å². The van der Waals surface area contributed by atoms with E-state index in [1.165, 1.54) is 16.7 Å². The van der Waals surface area contributed by atoms with E-state index in [-0.39, 0.29) is 18.9 Å². The first-order valence-electron chi connectivity index (χ1n) is 10.2. The summed E-state index contributed by atoms with van der Waals surface area (Å²) in [5.41, 5.74) is 3.14. The molecule has 1 aromatic carbocycles. The zero-order valence-corrected chi connectivity index (χ0v) is 19.7. The second-order valence-corrected chi connectivity index (χ2v) is 8.01. The normalized spacial score (nSPS) is 10.9. The first-order valence-corrected chi connectivity index (χ1v) is 11.4. The Hall–Kier alpha value is -3.14. The molecular weight excluding hydrogens is 430 g/mol. The molecule has 3 aromatic rings. The van der Waals surface area contributed by atoms with Gasteiger partial charge in [0.2, 0.25) is 5.16 Å². The number of hydrogen-bond acceptors (Lipinski definition) is 8. The Bertz CT molecular complexity index is 1110. The third-order valence-electron chi connectivity index (χ3n) is 4.97. The van der Waals surface area contributed by atoms with Crippen LogP contribution in [0.3, 0.4) is 0 Å². The summed E-state index contributed by atoms with van der Waals surface area (Å²) in [7, 11) is 1.67. The van der Waals surface area contributed by atoms with Gasteiger partial charge in [-0.05, 0) is 44.7 Å². The maximum atomic E-state index is 12.4. The standard InChI is InChI=1S/C22H27N5O4S/c1-6-30-17-9-7-16(8-10-17)12-26(4)19(28)13-31-20(29)11-18-14(2)23-21-24-22(32-5)25-27(21)15(18)3/h7-10H,6,11-13H2,1-5H3. The Labute approximate surface area is 191 Å². The van der Waals surface area contributed by atoms with Crippen LogP contribution in [0.4, 0.5) is 0 Å². The topological polar surface area (TPSA) is 98.9 Å². The summed E-state index contributed by atoms with van der Waals surface area (Å²) in [4.78, 5) is 35.1. The third kappa shape index (κ3) is 5.56. The zero-order chi connectivity index (χ0) is 23.3. The van der Waals surface area contributed by atoms with Crippen molar-refractivity contribution in [3.8, 4) is 5.75 Å². The van der Waals surface area contributed by atoms with E-state index < -0.39 is 5.97 Å². The predicted octanol–water partition coefficient (Wildman–Crippen LogP) is 2.61. The molecule has 1 amide bonds. The Kier molecular flexibility index (Phi) is 7.68. The number of esters is 1. The lowest BCUT2D eigenvalue weighted by Gasteiger charge is -2.17. The maximum absolute atomic E-state index is 12.4. The van der Waals surface area contributed by atoms with Crippen molar-refractivity contribution in [3.63, 3.8) is 0 Å². The number of fused-ring (bicyclic) bond motifs is 1. The van der Waals surface area contributed by atoms with Gasteiger partial charge >= 0.3 is 5.97 Å². The van der Waals surface area contributed by atoms with Crippen LogP contribution in [-0.2, 0) is 27.3 Å². The summed E-state index contributed by atoms with van der Waals surface area (Å²) in [6.45, 7) is 6.29. The smallest absolute Gasteiger partial charge is 0.310 e. The van der Waals surface area contributed by atoms with Crippen LogP contribution in [0.5, 0.6) is 5.75 Å². The van der Waals surface area contributed by atoms with Gasteiger partial charge in [-0.1, -0.05) is 23.9 Å². The molecule has 32 heavy (non-hydrogen) atoms. The van der Waals surface area contributed by atoms with Gasteiger partial charge in [0.05, 0.1) is 13.0 Å². The van der Waals surface area contributed by atoms with Gasteiger partial charge in [0.1, 0.15) is 5.75 Å². The molecule has 0 bridgehead atoms. The minimum atomic E-state index is -0.495. The molecule has 0 saturated carbocycles. The molecular formula is C22H27N5O4S. The van der Waals surface area contributed by atoms with Crippen LogP contribution >= 0.6 is 11.8 Å². The van der Waals surface area contributed by atoms with Crippen LogP contribution in [0.25, 0.3) is 5.78 Å². The van der Waals surface area contributed by atoms with Crippen molar-refractivity contribution in [1.29, 1.82) is 0 Å². The average Bonchev–Trinajstić information content (AvgIpc) is 3.19. The maximum Gasteiger partial charge on any atom is 0.310 e. The van der Waals surface area contributed by atoms with Gasteiger partial charge in [-0.3, -0.25) is 9.59 Å². The molecule has 3 rings (SSSR count). The lowest BCUT2D eigenvalue weighted by Crippen LogP contribution is -2.31. The first kappa shape index (κ1) is 23.5. The summed E-state index contributed by atoms with van der Waals surface area (Å²) in [6.07, 6.45) is 1.89. The lowest BCUT2D eigenvalue weighted by atomic mass is 10.1. The number of benzene rings is 1. The van der Waals surface area contributed by atoms with Crippen molar-refractivity contribution >= 4 is 29.4 Å². The molecule has 0 saturated heterocycles. The summed E-state index contributed by atoms with van der Waals surface area (Å²) >= 11 is 1.42. The fourth-order valence-corrected chi connectivity index (χ4v) is 3.54. The van der Waals surface area contributed by atoms with Gasteiger partial charge in [-0.15, -0.1) is 5.10 Å². The van der Waals surface area contributed by atoms with Crippen molar-refractivity contribution < 1.29 is 19.1 Å². The van der Waals surface area contributed by atoms with E-state index in [0.29, 0.717) is 29.8 Å². The van der Waals surface area contributed by atoms with E-state index in [9.17, 15) is 9.59 Å². The Morgan fingerprint density at radius 2 is 1.88 bits per heavy atom. The third-order valence-corrected chi connectivity index (χ3v) is 5.51. The average molecular weight is 458 g/mol. The van der Waals surface area contributed by atoms with Crippen LogP contribution in [-0.4, -0.2) is 62.9 Å². The molecule has 9 nitrogen and oxygen atoms in total. The molecule has 0 fully saturated rings. The molecule has 2 heterocycles. The van der Waals surface area contributed by atoms with Gasteiger partial charge < -0.3 is 14.4 Å². The molecule has 0 aliphatic heterocycles. The van der Waals surface area contributed by atoms with Crippen LogP contribution < -0.4 is 4.74 Å². The van der Waals surface area contributed by atoms with E-state index in [0.717, 1.165) is 22.6 Å². The minimum absolute atomic E-state index is 0.00491. The van der Waals surface area contributed by atoms with Crippen molar-refractivity contribution in [2.24, 2.45) is 0 Å². The predicted molar refractivity (Wildman–Crippen MR) is 121 cm³/mol. The number of likely N-dealkylation sites (N-methyl/N-ethyl adjacent to an activating group) is 1. The van der Waals surface area contributed by atoms with Gasteiger partial charge in [0.25, 0.3) is 11.7 Å². The molecule has 10 heteroatoms. The monoisotopic (exact) mass is 457 g/mol. The number of carbonyl (C=O) groups excluding carboxylic acids is 2. The van der Waals surface area contributed by atoms with E-state index in [2.05, 4.69) is 15.1 Å². The molecule has 2 aromatic heterocycles. The number of rotatable bonds is 9. The molecule has 0 radical (unpaired) electrons. The van der Waals surface area contributed by atoms with E-state index in [1.54, 1.807) is 11.6 Å². The zero-order valence-electron chi connectivity index (χ0n) is 18.9. The van der Waals surface area contributed by atoms with E-state index in [1.807, 2.05) is 51.3 Å². The number of amides is 1. The highest BCUT2D eigenvalue weighted by atomic mass is 32.2. The minimum Gasteiger partial charge on any atom is -0.494 e. The summed E-state index contributed by atoms with van der Waals surface area (Å²) < 4.78 is 12.3. The number of thioether (sulfide) groups is 1. The lowest BCUT2D eigenvalue weighted by molar-refractivity contribution is -0.151. The molecule has 0 spiro atoms. The Morgan fingerprint density at radius 3 is 2.53 bits per heavy atom. The van der Waals surface area contributed by atoms with Crippen LogP contribution in [0.2, 0.25) is 0 Å². The number of ether oxygens (including phenoxy) is 2.